The lowest BCUT2D eigenvalue weighted by atomic mass is 10.1. The van der Waals surface area contributed by atoms with E-state index in [2.05, 4.69) is 26.2 Å². The number of pyridine rings is 1. The fourth-order valence-corrected chi connectivity index (χ4v) is 1.89. The maximum atomic E-state index is 13.3. The topological polar surface area (TPSA) is 24.9 Å². The molecule has 0 spiro atoms. The van der Waals surface area contributed by atoms with Gasteiger partial charge in [0.1, 0.15) is 11.6 Å². The number of anilines is 1. The van der Waals surface area contributed by atoms with E-state index in [1.165, 1.54) is 6.07 Å². The predicted octanol–water partition coefficient (Wildman–Crippen LogP) is 3.49. The van der Waals surface area contributed by atoms with Gasteiger partial charge in [0.05, 0.1) is 9.99 Å². The summed E-state index contributed by atoms with van der Waals surface area (Å²) in [4.78, 5) is 4.32. The fourth-order valence-electron chi connectivity index (χ4n) is 1.53. The summed E-state index contributed by atoms with van der Waals surface area (Å²) in [6.45, 7) is 1.97. The van der Waals surface area contributed by atoms with Gasteiger partial charge in [-0.05, 0) is 40.5 Å². The lowest BCUT2D eigenvalue weighted by molar-refractivity contribution is 0.623. The average Bonchev–Trinajstić information content (AvgIpc) is 2.20. The molecule has 78 valence electrons. The molecule has 0 aliphatic rings. The van der Waals surface area contributed by atoms with Crippen LogP contribution < -0.4 is 5.32 Å². The Hall–Kier alpha value is -1.16. The highest BCUT2D eigenvalue weighted by molar-refractivity contribution is 9.10. The molecule has 1 aromatic carbocycles. The molecule has 2 aromatic rings. The van der Waals surface area contributed by atoms with Crippen LogP contribution in [0.5, 0.6) is 0 Å². The van der Waals surface area contributed by atoms with Crippen LogP contribution in [0.2, 0.25) is 0 Å². The SMILES string of the molecule is CNc1nc2cc(F)c(Br)cc2cc1C. The summed E-state index contributed by atoms with van der Waals surface area (Å²) in [6.07, 6.45) is 0. The Kier molecular flexibility index (Phi) is 2.61. The van der Waals surface area contributed by atoms with Gasteiger partial charge in [-0.25, -0.2) is 9.37 Å². The summed E-state index contributed by atoms with van der Waals surface area (Å²) in [5.74, 6) is 0.491. The summed E-state index contributed by atoms with van der Waals surface area (Å²) < 4.78 is 13.7. The largest absolute Gasteiger partial charge is 0.373 e. The van der Waals surface area contributed by atoms with Crippen LogP contribution in [0, 0.1) is 12.7 Å². The van der Waals surface area contributed by atoms with Gasteiger partial charge in [-0.3, -0.25) is 0 Å². The minimum Gasteiger partial charge on any atom is -0.373 e. The van der Waals surface area contributed by atoms with Crippen LogP contribution in [0.3, 0.4) is 0 Å². The van der Waals surface area contributed by atoms with Crippen molar-refractivity contribution in [2.75, 3.05) is 12.4 Å². The van der Waals surface area contributed by atoms with Gasteiger partial charge in [-0.1, -0.05) is 0 Å². The summed E-state index contributed by atoms with van der Waals surface area (Å²) >= 11 is 3.16. The Bertz CT molecular complexity index is 525. The monoisotopic (exact) mass is 268 g/mol. The first-order chi connectivity index (χ1) is 7.11. The second-order valence-corrected chi connectivity index (χ2v) is 4.22. The van der Waals surface area contributed by atoms with Crippen LogP contribution in [0.25, 0.3) is 10.9 Å². The molecule has 0 radical (unpaired) electrons. The van der Waals surface area contributed by atoms with Gasteiger partial charge < -0.3 is 5.32 Å². The number of fused-ring (bicyclic) bond motifs is 1. The van der Waals surface area contributed by atoms with Crippen molar-refractivity contribution in [1.29, 1.82) is 0 Å². The normalized spacial score (nSPS) is 10.7. The maximum absolute atomic E-state index is 13.3. The molecule has 1 aromatic heterocycles. The molecule has 0 bridgehead atoms. The zero-order valence-corrected chi connectivity index (χ0v) is 10.0. The Labute approximate surface area is 95.6 Å². The zero-order valence-electron chi connectivity index (χ0n) is 8.44. The van der Waals surface area contributed by atoms with E-state index in [4.69, 9.17) is 0 Å². The third kappa shape index (κ3) is 1.81. The second kappa shape index (κ2) is 3.77. The van der Waals surface area contributed by atoms with Crippen molar-refractivity contribution in [3.8, 4) is 0 Å². The summed E-state index contributed by atoms with van der Waals surface area (Å²) in [7, 11) is 1.80. The quantitative estimate of drug-likeness (QED) is 0.857. The predicted molar refractivity (Wildman–Crippen MR) is 63.7 cm³/mol. The van der Waals surface area contributed by atoms with Crippen LogP contribution in [-0.4, -0.2) is 12.0 Å². The first-order valence-electron chi connectivity index (χ1n) is 4.56. The zero-order chi connectivity index (χ0) is 11.0. The average molecular weight is 269 g/mol. The van der Waals surface area contributed by atoms with Gasteiger partial charge in [0.25, 0.3) is 0 Å². The highest BCUT2D eigenvalue weighted by Gasteiger charge is 2.06. The molecule has 4 heteroatoms. The van der Waals surface area contributed by atoms with Crippen molar-refractivity contribution < 1.29 is 4.39 Å². The maximum Gasteiger partial charge on any atom is 0.139 e. The van der Waals surface area contributed by atoms with Gasteiger partial charge in [-0.15, -0.1) is 0 Å². The lowest BCUT2D eigenvalue weighted by Gasteiger charge is -2.06. The van der Waals surface area contributed by atoms with E-state index in [-0.39, 0.29) is 5.82 Å². The van der Waals surface area contributed by atoms with Crippen molar-refractivity contribution in [3.05, 3.63) is 34.1 Å². The molecule has 0 atom stereocenters. The summed E-state index contributed by atoms with van der Waals surface area (Å²) in [5.41, 5.74) is 1.70. The number of halogens is 2. The molecule has 15 heavy (non-hydrogen) atoms. The molecule has 1 heterocycles. The molecule has 0 saturated carbocycles. The molecule has 2 nitrogen and oxygen atoms in total. The summed E-state index contributed by atoms with van der Waals surface area (Å²) in [6, 6.07) is 5.15. The van der Waals surface area contributed by atoms with E-state index in [0.717, 1.165) is 16.8 Å². The standard InChI is InChI=1S/C11H10BrFN2/c1-6-3-7-4-8(12)9(13)5-10(7)15-11(6)14-2/h3-5H,1-2H3,(H,14,15). The molecular formula is C11H10BrFN2. The third-order valence-corrected chi connectivity index (χ3v) is 2.89. The third-order valence-electron chi connectivity index (χ3n) is 2.28. The van der Waals surface area contributed by atoms with Crippen LogP contribution >= 0.6 is 15.9 Å². The van der Waals surface area contributed by atoms with Crippen molar-refractivity contribution in [2.45, 2.75) is 6.92 Å². The second-order valence-electron chi connectivity index (χ2n) is 3.36. The minimum absolute atomic E-state index is 0.291. The smallest absolute Gasteiger partial charge is 0.139 e. The van der Waals surface area contributed by atoms with Gasteiger partial charge in [0.2, 0.25) is 0 Å². The number of aryl methyl sites for hydroxylation is 1. The Morgan fingerprint density at radius 1 is 1.33 bits per heavy atom. The Morgan fingerprint density at radius 3 is 2.73 bits per heavy atom. The van der Waals surface area contributed by atoms with Crippen molar-refractivity contribution in [3.63, 3.8) is 0 Å². The first-order valence-corrected chi connectivity index (χ1v) is 5.35. The summed E-state index contributed by atoms with van der Waals surface area (Å²) in [5, 5.41) is 3.91. The van der Waals surface area contributed by atoms with E-state index in [1.54, 1.807) is 13.1 Å². The van der Waals surface area contributed by atoms with Gasteiger partial charge in [-0.2, -0.15) is 0 Å². The van der Waals surface area contributed by atoms with E-state index in [0.29, 0.717) is 9.99 Å². The van der Waals surface area contributed by atoms with Gasteiger partial charge in [0, 0.05) is 18.5 Å². The number of hydrogen-bond acceptors (Lipinski definition) is 2. The van der Waals surface area contributed by atoms with Crippen molar-refractivity contribution >= 4 is 32.7 Å². The highest BCUT2D eigenvalue weighted by Crippen LogP contribution is 2.25. The molecular weight excluding hydrogens is 259 g/mol. The first kappa shape index (κ1) is 10.4. The Balaban J connectivity index is 2.76. The molecule has 0 amide bonds. The molecule has 0 unspecified atom stereocenters. The van der Waals surface area contributed by atoms with Gasteiger partial charge in [0.15, 0.2) is 0 Å². The lowest BCUT2D eigenvalue weighted by Crippen LogP contribution is -1.96. The van der Waals surface area contributed by atoms with Crippen LogP contribution in [0.15, 0.2) is 22.7 Å². The molecule has 0 aliphatic carbocycles. The number of nitrogens with zero attached hydrogens (tertiary/aromatic N) is 1. The van der Waals surface area contributed by atoms with E-state index < -0.39 is 0 Å². The van der Waals surface area contributed by atoms with E-state index in [1.807, 2.05) is 13.0 Å². The molecule has 0 fully saturated rings. The van der Waals surface area contributed by atoms with Crippen LogP contribution in [0.4, 0.5) is 10.2 Å². The van der Waals surface area contributed by atoms with Gasteiger partial charge >= 0.3 is 0 Å². The fraction of sp³-hybridized carbons (Fsp3) is 0.182. The van der Waals surface area contributed by atoms with Crippen molar-refractivity contribution in [1.82, 2.24) is 4.98 Å². The van der Waals surface area contributed by atoms with Crippen molar-refractivity contribution in [2.24, 2.45) is 0 Å². The van der Waals surface area contributed by atoms with Crippen LogP contribution in [-0.2, 0) is 0 Å². The molecule has 0 aliphatic heterocycles. The molecule has 2 rings (SSSR count). The Morgan fingerprint density at radius 2 is 2.07 bits per heavy atom. The van der Waals surface area contributed by atoms with E-state index >= 15 is 0 Å². The van der Waals surface area contributed by atoms with Crippen LogP contribution in [0.1, 0.15) is 5.56 Å². The number of nitrogens with one attached hydrogen (secondary N) is 1. The number of rotatable bonds is 1. The van der Waals surface area contributed by atoms with E-state index in [9.17, 15) is 4.39 Å². The number of aromatic nitrogens is 1. The minimum atomic E-state index is -0.291. The molecule has 0 saturated heterocycles. The highest BCUT2D eigenvalue weighted by atomic mass is 79.9. The number of hydrogen-bond donors (Lipinski definition) is 1. The number of benzene rings is 1. The molecule has 1 N–H and O–H groups in total.